The first-order valence-electron chi connectivity index (χ1n) is 7.29. The van der Waals surface area contributed by atoms with Crippen molar-refractivity contribution in [2.24, 2.45) is 0 Å². The van der Waals surface area contributed by atoms with Gasteiger partial charge in [0.2, 0.25) is 0 Å². The van der Waals surface area contributed by atoms with Crippen LogP contribution in [0.4, 0.5) is 27.6 Å². The molecule has 0 radical (unpaired) electrons. The highest BCUT2D eigenvalue weighted by atomic mass is 127. The van der Waals surface area contributed by atoms with Gasteiger partial charge in [0.1, 0.15) is 0 Å². The van der Waals surface area contributed by atoms with Gasteiger partial charge >= 0.3 is 0 Å². The van der Waals surface area contributed by atoms with Crippen LogP contribution in [0.2, 0.25) is 0 Å². The first kappa shape index (κ1) is 18.1. The highest BCUT2D eigenvalue weighted by Crippen LogP contribution is 2.43. The molecule has 0 spiro atoms. The fourth-order valence-corrected chi connectivity index (χ4v) is 5.09. The third kappa shape index (κ3) is 3.34. The maximum atomic E-state index is 14.0. The average Bonchev–Trinajstić information content (AvgIpc) is 2.85. The number of alkyl halides is 5. The lowest BCUT2D eigenvalue weighted by Crippen LogP contribution is -2.52. The first-order valence-corrected chi connectivity index (χ1v) is 9.19. The SMILES string of the molecule is FC(F)C(F)c1c(I)sc2c(NC3CCNCC3(F)F)cccc12. The molecule has 2 N–H and O–H groups in total. The lowest BCUT2D eigenvalue weighted by molar-refractivity contribution is -0.0321. The molecule has 1 fully saturated rings. The van der Waals surface area contributed by atoms with Crippen molar-refractivity contribution in [1.82, 2.24) is 5.32 Å². The van der Waals surface area contributed by atoms with Crippen LogP contribution in [0.1, 0.15) is 18.2 Å². The summed E-state index contributed by atoms with van der Waals surface area (Å²) >= 11 is 2.95. The van der Waals surface area contributed by atoms with Crippen molar-refractivity contribution >= 4 is 49.7 Å². The topological polar surface area (TPSA) is 24.1 Å². The normalized spacial score (nSPS) is 22.0. The second-order valence-electron chi connectivity index (χ2n) is 5.63. The van der Waals surface area contributed by atoms with Gasteiger partial charge in [-0.3, -0.25) is 0 Å². The molecule has 9 heteroatoms. The molecule has 1 aliphatic rings. The molecule has 24 heavy (non-hydrogen) atoms. The third-order valence-electron chi connectivity index (χ3n) is 4.02. The summed E-state index contributed by atoms with van der Waals surface area (Å²) < 4.78 is 68.4. The molecule has 0 saturated carbocycles. The van der Waals surface area contributed by atoms with Crippen LogP contribution in [-0.4, -0.2) is 31.5 Å². The minimum absolute atomic E-state index is 0.0636. The molecule has 0 bridgehead atoms. The summed E-state index contributed by atoms with van der Waals surface area (Å²) in [6.07, 6.45) is -5.27. The summed E-state index contributed by atoms with van der Waals surface area (Å²) in [6.45, 7) is 0.0558. The van der Waals surface area contributed by atoms with Gasteiger partial charge in [0.15, 0.2) is 6.17 Å². The van der Waals surface area contributed by atoms with E-state index in [0.717, 1.165) is 11.3 Å². The lowest BCUT2D eigenvalue weighted by Gasteiger charge is -2.33. The fraction of sp³-hybridized carbons (Fsp3) is 0.467. The van der Waals surface area contributed by atoms with Crippen LogP contribution in [0.3, 0.4) is 0 Å². The summed E-state index contributed by atoms with van der Waals surface area (Å²) in [5.41, 5.74) is 0.362. The van der Waals surface area contributed by atoms with E-state index < -0.39 is 31.1 Å². The van der Waals surface area contributed by atoms with Gasteiger partial charge in [0, 0.05) is 10.9 Å². The number of nitrogens with one attached hydrogen (secondary N) is 2. The predicted molar refractivity (Wildman–Crippen MR) is 94.2 cm³/mol. The van der Waals surface area contributed by atoms with E-state index in [4.69, 9.17) is 0 Å². The number of hydrogen-bond donors (Lipinski definition) is 2. The first-order chi connectivity index (χ1) is 11.3. The quantitative estimate of drug-likeness (QED) is 0.469. The Labute approximate surface area is 152 Å². The Kier molecular flexibility index (Phi) is 5.22. The van der Waals surface area contributed by atoms with Gasteiger partial charge in [-0.05, 0) is 41.6 Å². The Hall–Kier alpha value is -0.680. The second-order valence-corrected chi connectivity index (χ2v) is 8.46. The van der Waals surface area contributed by atoms with Crippen molar-refractivity contribution in [3.05, 3.63) is 26.6 Å². The minimum Gasteiger partial charge on any atom is -0.375 e. The van der Waals surface area contributed by atoms with Crippen LogP contribution in [-0.2, 0) is 0 Å². The van der Waals surface area contributed by atoms with Crippen LogP contribution >= 0.6 is 33.9 Å². The van der Waals surface area contributed by atoms with E-state index in [0.29, 0.717) is 25.2 Å². The summed E-state index contributed by atoms with van der Waals surface area (Å²) in [7, 11) is 0. The Morgan fingerprint density at radius 3 is 2.71 bits per heavy atom. The van der Waals surface area contributed by atoms with Crippen molar-refractivity contribution in [3.63, 3.8) is 0 Å². The smallest absolute Gasteiger partial charge is 0.279 e. The molecule has 1 aliphatic heterocycles. The zero-order valence-electron chi connectivity index (χ0n) is 12.3. The molecule has 0 aliphatic carbocycles. The van der Waals surface area contributed by atoms with Gasteiger partial charge < -0.3 is 10.6 Å². The lowest BCUT2D eigenvalue weighted by atomic mass is 10.0. The molecule has 1 saturated heterocycles. The number of hydrogen-bond acceptors (Lipinski definition) is 3. The molecule has 1 aromatic carbocycles. The predicted octanol–water partition coefficient (Wildman–Crippen LogP) is 5.19. The molecule has 2 aromatic rings. The molecular weight excluding hydrogens is 462 g/mol. The summed E-state index contributed by atoms with van der Waals surface area (Å²) in [5, 5.41) is 5.82. The number of halogens is 6. The Bertz CT molecular complexity index is 736. The number of piperidine rings is 1. The highest BCUT2D eigenvalue weighted by Gasteiger charge is 2.41. The van der Waals surface area contributed by atoms with Crippen molar-refractivity contribution in [2.75, 3.05) is 18.4 Å². The zero-order valence-corrected chi connectivity index (χ0v) is 15.2. The van der Waals surface area contributed by atoms with Crippen LogP contribution in [0, 0.1) is 2.88 Å². The van der Waals surface area contributed by atoms with Gasteiger partial charge in [0.05, 0.1) is 25.9 Å². The standard InChI is InChI=1S/C15H14F5IN2S/c16-11(13(17)18)10-7-2-1-3-8(12(7)24-14(10)21)23-9-4-5-22-6-15(9,19)20/h1-3,9,11,13,22-23H,4-6H2. The number of anilines is 1. The molecule has 2 nitrogen and oxygen atoms in total. The molecule has 1 aromatic heterocycles. The van der Waals surface area contributed by atoms with E-state index in [1.807, 2.05) is 22.6 Å². The zero-order chi connectivity index (χ0) is 17.5. The van der Waals surface area contributed by atoms with Crippen LogP contribution in [0.15, 0.2) is 18.2 Å². The van der Waals surface area contributed by atoms with E-state index in [2.05, 4.69) is 10.6 Å². The van der Waals surface area contributed by atoms with Gasteiger partial charge in [-0.2, -0.15) is 0 Å². The number of fused-ring (bicyclic) bond motifs is 1. The van der Waals surface area contributed by atoms with Crippen molar-refractivity contribution in [1.29, 1.82) is 0 Å². The molecule has 2 atom stereocenters. The van der Waals surface area contributed by atoms with Gasteiger partial charge in [-0.25, -0.2) is 22.0 Å². The Balaban J connectivity index is 1.99. The van der Waals surface area contributed by atoms with Crippen LogP contribution in [0.5, 0.6) is 0 Å². The number of thiophene rings is 1. The number of rotatable bonds is 4. The Morgan fingerprint density at radius 2 is 2.04 bits per heavy atom. The van der Waals surface area contributed by atoms with E-state index in [-0.39, 0.29) is 12.0 Å². The molecule has 132 valence electrons. The molecule has 2 unspecified atom stereocenters. The van der Waals surface area contributed by atoms with E-state index in [1.165, 1.54) is 0 Å². The van der Waals surface area contributed by atoms with E-state index in [1.54, 1.807) is 18.2 Å². The molecule has 0 amide bonds. The maximum absolute atomic E-state index is 14.0. The van der Waals surface area contributed by atoms with Crippen molar-refractivity contribution in [3.8, 4) is 0 Å². The minimum atomic E-state index is -3.12. The fourth-order valence-electron chi connectivity index (χ4n) is 2.81. The summed E-state index contributed by atoms with van der Waals surface area (Å²) in [6, 6.07) is 3.68. The molecular formula is C15H14F5IN2S. The molecule has 3 rings (SSSR count). The van der Waals surface area contributed by atoms with Crippen molar-refractivity contribution < 1.29 is 22.0 Å². The largest absolute Gasteiger partial charge is 0.375 e. The maximum Gasteiger partial charge on any atom is 0.279 e. The highest BCUT2D eigenvalue weighted by molar-refractivity contribution is 14.1. The summed E-state index contributed by atoms with van der Waals surface area (Å²) in [4.78, 5) is 0. The van der Waals surface area contributed by atoms with Crippen LogP contribution < -0.4 is 10.6 Å². The molecule has 2 heterocycles. The van der Waals surface area contributed by atoms with Gasteiger partial charge in [-0.1, -0.05) is 12.1 Å². The average molecular weight is 476 g/mol. The van der Waals surface area contributed by atoms with Crippen molar-refractivity contribution in [2.45, 2.75) is 31.0 Å². The van der Waals surface area contributed by atoms with Gasteiger partial charge in [0.25, 0.3) is 12.3 Å². The van der Waals surface area contributed by atoms with Crippen LogP contribution in [0.25, 0.3) is 10.1 Å². The van der Waals surface area contributed by atoms with E-state index >= 15 is 0 Å². The van der Waals surface area contributed by atoms with Gasteiger partial charge in [-0.15, -0.1) is 11.3 Å². The number of benzene rings is 1. The second kappa shape index (κ2) is 6.91. The van der Waals surface area contributed by atoms with E-state index in [9.17, 15) is 22.0 Å². The monoisotopic (exact) mass is 476 g/mol. The summed E-state index contributed by atoms with van der Waals surface area (Å²) in [5.74, 6) is -2.92. The third-order valence-corrected chi connectivity index (χ3v) is 6.30. The Morgan fingerprint density at radius 1 is 1.29 bits per heavy atom.